The molecule has 11 heteroatoms. The highest BCUT2D eigenvalue weighted by Gasteiger charge is 2.88. The van der Waals surface area contributed by atoms with Crippen molar-refractivity contribution < 1.29 is 38.7 Å². The van der Waals surface area contributed by atoms with Gasteiger partial charge in [-0.2, -0.15) is 0 Å². The number of esters is 1. The van der Waals surface area contributed by atoms with Gasteiger partial charge in [-0.15, -0.1) is 17.0 Å². The molecule has 1 aliphatic heterocycles. The highest BCUT2D eigenvalue weighted by Crippen LogP contribution is 2.80. The van der Waals surface area contributed by atoms with Gasteiger partial charge in [0.2, 0.25) is 5.91 Å². The zero-order chi connectivity index (χ0) is 29.8. The Kier molecular flexibility index (Phi) is 7.64. The Balaban J connectivity index is 0.00000329. The van der Waals surface area contributed by atoms with E-state index in [1.54, 1.807) is 45.6 Å². The Morgan fingerprint density at radius 1 is 1.07 bits per heavy atom. The Labute approximate surface area is 263 Å². The van der Waals surface area contributed by atoms with Crippen LogP contribution in [0.1, 0.15) is 49.4 Å². The lowest BCUT2D eigenvalue weighted by atomic mass is 9.42. The third-order valence-corrected chi connectivity index (χ3v) is 12.8. The van der Waals surface area contributed by atoms with Gasteiger partial charge in [-0.05, 0) is 50.8 Å². The van der Waals surface area contributed by atoms with Crippen LogP contribution < -0.4 is 5.32 Å². The molecule has 43 heavy (non-hydrogen) atoms. The summed E-state index contributed by atoms with van der Waals surface area (Å²) in [5.41, 5.74) is -2.88. The van der Waals surface area contributed by atoms with Crippen molar-refractivity contribution >= 4 is 34.5 Å². The van der Waals surface area contributed by atoms with Crippen LogP contribution in [-0.2, 0) is 23.7 Å². The lowest BCUT2D eigenvalue weighted by Crippen LogP contribution is -2.82. The molecule has 6 fully saturated rings. The third-order valence-electron chi connectivity index (χ3n) is 12.8. The molecule has 1 heterocycles. The number of methoxy groups -OCH3 is 3. The SMILES string of the molecule is Br.CO[C@H]1C[C@]2(O)[C@H]3C[C@H]4[C@@]5(COC(=O)c6ccccc6NC(C)=O)CC[C@H](OC)[C@]4([C@@H]3N(C)C5)[C@@H]3C[C@H]1[C@H](OC)[C@@]32O. The maximum atomic E-state index is 13.5. The van der Waals surface area contributed by atoms with Crippen LogP contribution in [0, 0.1) is 34.5 Å². The Morgan fingerprint density at radius 3 is 2.49 bits per heavy atom. The molecule has 1 spiro atoms. The van der Waals surface area contributed by atoms with E-state index in [2.05, 4.69) is 17.3 Å². The molecule has 7 bridgehead atoms. The monoisotopic (exact) mass is 664 g/mol. The number of hydrogen-bond donors (Lipinski definition) is 3. The molecule has 0 radical (unpaired) electrons. The summed E-state index contributed by atoms with van der Waals surface area (Å²) < 4.78 is 24.5. The minimum atomic E-state index is -1.43. The van der Waals surface area contributed by atoms with Gasteiger partial charge in [-0.25, -0.2) is 4.79 Å². The van der Waals surface area contributed by atoms with E-state index in [0.717, 1.165) is 19.4 Å². The second kappa shape index (κ2) is 10.5. The van der Waals surface area contributed by atoms with Gasteiger partial charge in [0.05, 0.1) is 36.2 Å². The first kappa shape index (κ1) is 31.4. The lowest BCUT2D eigenvalue weighted by molar-refractivity contribution is -0.334. The fraction of sp³-hybridized carbons (Fsp3) is 0.750. The van der Waals surface area contributed by atoms with Crippen LogP contribution in [-0.4, -0.2) is 104 Å². The van der Waals surface area contributed by atoms with Crippen molar-refractivity contribution in [1.29, 1.82) is 0 Å². The van der Waals surface area contributed by atoms with Crippen molar-refractivity contribution in [1.82, 2.24) is 4.90 Å². The second-order valence-electron chi connectivity index (χ2n) is 14.0. The number of rotatable bonds is 7. The number of anilines is 1. The van der Waals surface area contributed by atoms with Crippen molar-refractivity contribution in [2.75, 3.05) is 46.8 Å². The first-order chi connectivity index (χ1) is 20.0. The number of para-hydroxylation sites is 1. The summed E-state index contributed by atoms with van der Waals surface area (Å²) in [6.45, 7) is 2.35. The summed E-state index contributed by atoms with van der Waals surface area (Å²) in [5, 5.41) is 28.3. The quantitative estimate of drug-likeness (QED) is 0.377. The zero-order valence-corrected chi connectivity index (χ0v) is 27.3. The average Bonchev–Trinajstić information content (AvgIpc) is 3.40. The predicted molar refractivity (Wildman–Crippen MR) is 162 cm³/mol. The van der Waals surface area contributed by atoms with Crippen molar-refractivity contribution in [3.63, 3.8) is 0 Å². The van der Waals surface area contributed by atoms with E-state index in [1.165, 1.54) is 6.92 Å². The van der Waals surface area contributed by atoms with Gasteiger partial charge < -0.3 is 39.4 Å². The predicted octanol–water partition coefficient (Wildman–Crippen LogP) is 2.66. The van der Waals surface area contributed by atoms with E-state index in [0.29, 0.717) is 30.5 Å². The highest BCUT2D eigenvalue weighted by atomic mass is 79.9. The number of ether oxygens (including phenoxy) is 4. The topological polar surface area (TPSA) is 127 Å². The molecule has 12 atom stereocenters. The highest BCUT2D eigenvalue weighted by molar-refractivity contribution is 8.93. The van der Waals surface area contributed by atoms with E-state index in [-0.39, 0.29) is 76.8 Å². The van der Waals surface area contributed by atoms with E-state index in [4.69, 9.17) is 18.9 Å². The molecular weight excluding hydrogens is 620 g/mol. The number of nitrogens with one attached hydrogen (secondary N) is 1. The number of halogens is 1. The summed E-state index contributed by atoms with van der Waals surface area (Å²) in [6.07, 6.45) is 2.51. The van der Waals surface area contributed by atoms with Crippen LogP contribution in [0.15, 0.2) is 24.3 Å². The molecule has 5 aliphatic carbocycles. The maximum Gasteiger partial charge on any atom is 0.340 e. The van der Waals surface area contributed by atoms with Crippen LogP contribution in [0.25, 0.3) is 0 Å². The molecule has 0 aromatic heterocycles. The molecule has 7 rings (SSSR count). The zero-order valence-electron chi connectivity index (χ0n) is 25.6. The van der Waals surface area contributed by atoms with Crippen molar-refractivity contribution in [2.45, 2.75) is 74.6 Å². The summed E-state index contributed by atoms with van der Waals surface area (Å²) in [7, 11) is 7.21. The number of fused-ring (bicyclic) bond motifs is 2. The van der Waals surface area contributed by atoms with Gasteiger partial charge >= 0.3 is 5.97 Å². The molecular formula is C32H45BrN2O8. The molecule has 1 amide bonds. The van der Waals surface area contributed by atoms with Gasteiger partial charge in [0.15, 0.2) is 0 Å². The Hall–Kier alpha value is -1.60. The molecule has 238 valence electrons. The standard InChI is InChI=1S/C32H44N2O8.BrH/c1-17(35)33-21-9-7-6-8-18(21)28(36)42-16-29-11-10-25(40-4)31-23(29)13-20(26(31)34(2)15-29)30(37)14-22(39-3)19-12-24(31)32(30,38)27(19)41-5;/h6-9,19-20,22-27,37-38H,10-16H2,1-5H3,(H,33,35);1H/t19-,20+,22+,23+,24+,25+,26-,27+,29+,30+,31-,32+;/m1./s1. The summed E-state index contributed by atoms with van der Waals surface area (Å²) in [4.78, 5) is 27.6. The van der Waals surface area contributed by atoms with Crippen molar-refractivity contribution in [2.24, 2.45) is 34.5 Å². The van der Waals surface area contributed by atoms with Crippen LogP contribution in [0.4, 0.5) is 5.69 Å². The molecule has 10 nitrogen and oxygen atoms in total. The third kappa shape index (κ3) is 3.73. The first-order valence-corrected chi connectivity index (χ1v) is 15.3. The first-order valence-electron chi connectivity index (χ1n) is 15.3. The van der Waals surface area contributed by atoms with Gasteiger partial charge in [-0.3, -0.25) is 4.79 Å². The minimum Gasteiger partial charge on any atom is -0.461 e. The average molecular weight is 666 g/mol. The summed E-state index contributed by atoms with van der Waals surface area (Å²) in [6, 6.07) is 6.91. The molecule has 5 saturated carbocycles. The number of aliphatic hydroxyl groups is 2. The van der Waals surface area contributed by atoms with Crippen LogP contribution in [0.3, 0.4) is 0 Å². The van der Waals surface area contributed by atoms with E-state index in [9.17, 15) is 19.8 Å². The normalized spacial score (nSPS) is 47.0. The van der Waals surface area contributed by atoms with Crippen LogP contribution in [0.2, 0.25) is 0 Å². The molecule has 1 aromatic rings. The summed E-state index contributed by atoms with van der Waals surface area (Å²) >= 11 is 0. The largest absolute Gasteiger partial charge is 0.461 e. The number of amides is 1. The van der Waals surface area contributed by atoms with Gasteiger partial charge in [-0.1, -0.05) is 12.1 Å². The molecule has 0 unspecified atom stereocenters. The number of piperidine rings is 1. The fourth-order valence-corrected chi connectivity index (χ4v) is 11.8. The maximum absolute atomic E-state index is 13.5. The lowest BCUT2D eigenvalue weighted by Gasteiger charge is -2.70. The van der Waals surface area contributed by atoms with Gasteiger partial charge in [0.25, 0.3) is 0 Å². The number of carbonyl (C=O) groups is 2. The molecule has 6 aliphatic rings. The van der Waals surface area contributed by atoms with Crippen LogP contribution in [0.5, 0.6) is 0 Å². The number of carbonyl (C=O) groups excluding carboxylic acids is 2. The number of likely N-dealkylation sites (tertiary alicyclic amines) is 1. The molecule has 3 N–H and O–H groups in total. The summed E-state index contributed by atoms with van der Waals surface area (Å²) in [5.74, 6) is -1.16. The Bertz CT molecular complexity index is 1300. The van der Waals surface area contributed by atoms with E-state index < -0.39 is 28.7 Å². The van der Waals surface area contributed by atoms with E-state index in [1.807, 2.05) is 0 Å². The number of benzene rings is 1. The van der Waals surface area contributed by atoms with E-state index >= 15 is 0 Å². The molecule has 1 saturated heterocycles. The second-order valence-corrected chi connectivity index (χ2v) is 14.0. The Morgan fingerprint density at radius 2 is 1.81 bits per heavy atom. The van der Waals surface area contributed by atoms with Crippen LogP contribution >= 0.6 is 17.0 Å². The number of nitrogens with zero attached hydrogens (tertiary/aromatic N) is 1. The number of hydrogen-bond acceptors (Lipinski definition) is 9. The van der Waals surface area contributed by atoms with Crippen molar-refractivity contribution in [3.05, 3.63) is 29.8 Å². The molecule has 1 aromatic carbocycles. The fourth-order valence-electron chi connectivity index (χ4n) is 11.8. The van der Waals surface area contributed by atoms with Crippen molar-refractivity contribution in [3.8, 4) is 0 Å². The van der Waals surface area contributed by atoms with Gasteiger partial charge in [0.1, 0.15) is 11.2 Å². The smallest absolute Gasteiger partial charge is 0.340 e. The minimum absolute atomic E-state index is 0. The van der Waals surface area contributed by atoms with Gasteiger partial charge in [0, 0.05) is 75.8 Å².